The van der Waals surface area contributed by atoms with Crippen molar-refractivity contribution >= 4 is 17.2 Å². The first-order valence-electron chi connectivity index (χ1n) is 7.95. The number of carbonyl (C=O) groups excluding carboxylic acids is 1. The van der Waals surface area contributed by atoms with E-state index in [1.165, 1.54) is 35.1 Å². The summed E-state index contributed by atoms with van der Waals surface area (Å²) in [7, 11) is 0. The standard InChI is InChI=1S/C19H14F2N2O2S/c20-13-8-6-12(7-9-13)17-22-10-14(26-17)16-15(11-4-2-1-3-5-11)19(16,21)18(24)23-25/h1-10,15-16,25H,(H,23,24)/t15?,16-,19+/m1/s1. The van der Waals surface area contributed by atoms with Gasteiger partial charge in [0.05, 0.1) is 0 Å². The first-order chi connectivity index (χ1) is 12.6. The van der Waals surface area contributed by atoms with Crippen molar-refractivity contribution in [3.8, 4) is 10.6 Å². The van der Waals surface area contributed by atoms with Crippen molar-refractivity contribution in [1.29, 1.82) is 0 Å². The summed E-state index contributed by atoms with van der Waals surface area (Å²) in [6, 6.07) is 14.7. The van der Waals surface area contributed by atoms with Gasteiger partial charge in [0, 0.05) is 28.5 Å². The van der Waals surface area contributed by atoms with Crippen molar-refractivity contribution in [1.82, 2.24) is 10.5 Å². The van der Waals surface area contributed by atoms with Gasteiger partial charge in [0.15, 0.2) is 0 Å². The van der Waals surface area contributed by atoms with Gasteiger partial charge in [0.25, 0.3) is 5.91 Å². The van der Waals surface area contributed by atoms with E-state index in [0.29, 0.717) is 15.4 Å². The van der Waals surface area contributed by atoms with Crippen LogP contribution in [0.5, 0.6) is 0 Å². The maximum Gasteiger partial charge on any atom is 0.282 e. The van der Waals surface area contributed by atoms with Crippen LogP contribution in [0, 0.1) is 5.82 Å². The Balaban J connectivity index is 1.70. The van der Waals surface area contributed by atoms with Gasteiger partial charge in [0.2, 0.25) is 5.67 Å². The topological polar surface area (TPSA) is 62.2 Å². The number of rotatable bonds is 4. The van der Waals surface area contributed by atoms with Gasteiger partial charge in [-0.05, 0) is 29.8 Å². The van der Waals surface area contributed by atoms with Crippen LogP contribution in [0.4, 0.5) is 8.78 Å². The molecular weight excluding hydrogens is 358 g/mol. The maximum absolute atomic E-state index is 15.4. The number of nitrogens with one attached hydrogen (secondary N) is 1. The molecule has 3 aromatic rings. The molecule has 2 aromatic carbocycles. The summed E-state index contributed by atoms with van der Waals surface area (Å²) < 4.78 is 28.5. The summed E-state index contributed by atoms with van der Waals surface area (Å²) in [6.45, 7) is 0. The van der Waals surface area contributed by atoms with Crippen LogP contribution in [0.25, 0.3) is 10.6 Å². The molecular formula is C19H14F2N2O2S. The second-order valence-electron chi connectivity index (χ2n) is 6.15. The summed E-state index contributed by atoms with van der Waals surface area (Å²) in [5.74, 6) is -2.84. The predicted molar refractivity (Wildman–Crippen MR) is 93.2 cm³/mol. The number of hydrogen-bond acceptors (Lipinski definition) is 4. The van der Waals surface area contributed by atoms with Gasteiger partial charge in [-0.3, -0.25) is 10.0 Å². The number of nitrogens with zero attached hydrogens (tertiary/aromatic N) is 1. The lowest BCUT2D eigenvalue weighted by atomic mass is 10.1. The fourth-order valence-electron chi connectivity index (χ4n) is 3.35. The first-order valence-corrected chi connectivity index (χ1v) is 8.77. The molecule has 0 radical (unpaired) electrons. The minimum absolute atomic E-state index is 0.348. The zero-order valence-corrected chi connectivity index (χ0v) is 14.2. The third-order valence-corrected chi connectivity index (χ3v) is 5.79. The van der Waals surface area contributed by atoms with E-state index in [1.807, 2.05) is 6.07 Å². The summed E-state index contributed by atoms with van der Waals surface area (Å²) >= 11 is 1.26. The highest BCUT2D eigenvalue weighted by molar-refractivity contribution is 7.15. The van der Waals surface area contributed by atoms with Crippen molar-refractivity contribution in [2.24, 2.45) is 0 Å². The molecule has 0 aliphatic heterocycles. The molecule has 4 nitrogen and oxygen atoms in total. The number of thiazole rings is 1. The Kier molecular flexibility index (Phi) is 4.05. The quantitative estimate of drug-likeness (QED) is 0.537. The van der Waals surface area contributed by atoms with E-state index in [-0.39, 0.29) is 5.82 Å². The lowest BCUT2D eigenvalue weighted by molar-refractivity contribution is -0.136. The average molecular weight is 372 g/mol. The van der Waals surface area contributed by atoms with Crippen LogP contribution in [0.2, 0.25) is 0 Å². The molecule has 0 saturated heterocycles. The Morgan fingerprint density at radius 3 is 2.46 bits per heavy atom. The number of carbonyl (C=O) groups is 1. The fourth-order valence-corrected chi connectivity index (χ4v) is 4.47. The lowest BCUT2D eigenvalue weighted by Gasteiger charge is -2.05. The molecule has 1 unspecified atom stereocenters. The van der Waals surface area contributed by atoms with Crippen molar-refractivity contribution in [3.05, 3.63) is 77.1 Å². The number of hydroxylamine groups is 1. The van der Waals surface area contributed by atoms with Crippen LogP contribution in [0.3, 0.4) is 0 Å². The maximum atomic E-state index is 15.4. The number of halogens is 2. The number of aromatic nitrogens is 1. The lowest BCUT2D eigenvalue weighted by Crippen LogP contribution is -2.33. The number of benzene rings is 2. The molecule has 1 heterocycles. The van der Waals surface area contributed by atoms with Gasteiger partial charge in [-0.15, -0.1) is 11.3 Å². The second-order valence-corrected chi connectivity index (χ2v) is 7.21. The van der Waals surface area contributed by atoms with E-state index in [2.05, 4.69) is 4.98 Å². The number of amides is 1. The highest BCUT2D eigenvalue weighted by atomic mass is 32.1. The van der Waals surface area contributed by atoms with Crippen molar-refractivity contribution in [2.45, 2.75) is 17.5 Å². The minimum Gasteiger partial charge on any atom is -0.289 e. The molecule has 7 heteroatoms. The summed E-state index contributed by atoms with van der Waals surface area (Å²) in [5, 5.41) is 9.58. The molecule has 132 valence electrons. The SMILES string of the molecule is O=C(NO)[C@]1(F)C(c2ccccc2)[C@H]1c1cnc(-c2ccc(F)cc2)s1. The molecule has 1 aromatic heterocycles. The molecule has 0 spiro atoms. The van der Waals surface area contributed by atoms with Gasteiger partial charge in [-0.2, -0.15) is 0 Å². The molecule has 26 heavy (non-hydrogen) atoms. The molecule has 1 saturated carbocycles. The predicted octanol–water partition coefficient (Wildman–Crippen LogP) is 4.04. The molecule has 2 N–H and O–H groups in total. The minimum atomic E-state index is -2.23. The second kappa shape index (κ2) is 6.26. The van der Waals surface area contributed by atoms with Gasteiger partial charge in [-0.1, -0.05) is 30.3 Å². The summed E-state index contributed by atoms with van der Waals surface area (Å²) in [4.78, 5) is 16.9. The van der Waals surface area contributed by atoms with Gasteiger partial charge in [0.1, 0.15) is 10.8 Å². The van der Waals surface area contributed by atoms with Crippen LogP contribution >= 0.6 is 11.3 Å². The van der Waals surface area contributed by atoms with Gasteiger partial charge < -0.3 is 0 Å². The van der Waals surface area contributed by atoms with Crippen molar-refractivity contribution < 1.29 is 18.8 Å². The molecule has 1 fully saturated rings. The smallest absolute Gasteiger partial charge is 0.282 e. The van der Waals surface area contributed by atoms with Crippen molar-refractivity contribution in [3.63, 3.8) is 0 Å². The molecule has 4 rings (SSSR count). The largest absolute Gasteiger partial charge is 0.289 e. The van der Waals surface area contributed by atoms with Crippen molar-refractivity contribution in [2.75, 3.05) is 0 Å². The van der Waals surface area contributed by atoms with Gasteiger partial charge in [-0.25, -0.2) is 19.2 Å². The van der Waals surface area contributed by atoms with E-state index in [0.717, 1.165) is 5.56 Å². The van der Waals surface area contributed by atoms with E-state index in [9.17, 15) is 9.18 Å². The number of alkyl halides is 1. The van der Waals surface area contributed by atoms with Crippen LogP contribution < -0.4 is 5.48 Å². The summed E-state index contributed by atoms with van der Waals surface area (Å²) in [5.41, 5.74) is 0.606. The van der Waals surface area contributed by atoms with Crippen LogP contribution in [-0.4, -0.2) is 21.8 Å². The average Bonchev–Trinajstić information content (AvgIpc) is 3.04. The Labute approximate surface area is 152 Å². The molecule has 1 amide bonds. The Morgan fingerprint density at radius 2 is 1.81 bits per heavy atom. The monoisotopic (exact) mass is 372 g/mol. The Hall–Kier alpha value is -2.64. The zero-order chi connectivity index (χ0) is 18.3. The van der Waals surface area contributed by atoms with E-state index in [4.69, 9.17) is 5.21 Å². The van der Waals surface area contributed by atoms with Gasteiger partial charge >= 0.3 is 0 Å². The fraction of sp³-hybridized carbons (Fsp3) is 0.158. The highest BCUT2D eigenvalue weighted by Gasteiger charge is 2.73. The van der Waals surface area contributed by atoms with Crippen LogP contribution in [-0.2, 0) is 4.79 Å². The molecule has 1 aliphatic carbocycles. The van der Waals surface area contributed by atoms with E-state index >= 15 is 4.39 Å². The van der Waals surface area contributed by atoms with E-state index < -0.39 is 23.4 Å². The third-order valence-electron chi connectivity index (χ3n) is 4.66. The normalized spacial score (nSPS) is 24.3. The van der Waals surface area contributed by atoms with Crippen LogP contribution in [0.1, 0.15) is 22.3 Å². The first kappa shape index (κ1) is 16.8. The summed E-state index contributed by atoms with van der Waals surface area (Å²) in [6.07, 6.45) is 1.54. The molecule has 1 aliphatic rings. The molecule has 0 bridgehead atoms. The Bertz CT molecular complexity index is 946. The third kappa shape index (κ3) is 2.60. The van der Waals surface area contributed by atoms with Crippen LogP contribution in [0.15, 0.2) is 60.8 Å². The Morgan fingerprint density at radius 1 is 1.12 bits per heavy atom. The molecule has 3 atom stereocenters. The highest BCUT2D eigenvalue weighted by Crippen LogP contribution is 2.67. The zero-order valence-electron chi connectivity index (χ0n) is 13.4. The van der Waals surface area contributed by atoms with E-state index in [1.54, 1.807) is 36.4 Å². The number of hydrogen-bond donors (Lipinski definition) is 2.